The van der Waals surface area contributed by atoms with Crippen molar-refractivity contribution in [2.45, 2.75) is 32.7 Å². The molecule has 2 aromatic rings. The summed E-state index contributed by atoms with van der Waals surface area (Å²) in [6.07, 6.45) is 5.23. The molecule has 120 valence electrons. The Kier molecular flexibility index (Phi) is 4.14. The first kappa shape index (κ1) is 15.3. The van der Waals surface area contributed by atoms with Crippen molar-refractivity contribution in [1.82, 2.24) is 9.78 Å². The van der Waals surface area contributed by atoms with Crippen molar-refractivity contribution in [3.63, 3.8) is 0 Å². The van der Waals surface area contributed by atoms with Crippen LogP contribution in [0.5, 0.6) is 0 Å². The molecule has 1 aromatic heterocycles. The minimum absolute atomic E-state index is 0.0721. The Labute approximate surface area is 134 Å². The summed E-state index contributed by atoms with van der Waals surface area (Å²) in [6, 6.07) is 7.33. The molecule has 6 heteroatoms. The molecule has 1 saturated carbocycles. The van der Waals surface area contributed by atoms with E-state index < -0.39 is 0 Å². The van der Waals surface area contributed by atoms with Gasteiger partial charge in [0.25, 0.3) is 5.91 Å². The third-order valence-corrected chi connectivity index (χ3v) is 3.75. The number of hydrogen-bond donors (Lipinski definition) is 2. The van der Waals surface area contributed by atoms with E-state index >= 15 is 0 Å². The zero-order valence-electron chi connectivity index (χ0n) is 13.2. The number of benzene rings is 1. The molecule has 1 aliphatic carbocycles. The van der Waals surface area contributed by atoms with E-state index in [2.05, 4.69) is 15.7 Å². The summed E-state index contributed by atoms with van der Waals surface area (Å²) in [5.41, 5.74) is 1.94. The van der Waals surface area contributed by atoms with Gasteiger partial charge < -0.3 is 10.6 Å². The van der Waals surface area contributed by atoms with Gasteiger partial charge in [0, 0.05) is 29.5 Å². The number of carbonyl (C=O) groups excluding carboxylic acids is 2. The van der Waals surface area contributed by atoms with Crippen LogP contribution in [-0.4, -0.2) is 21.6 Å². The first-order valence-corrected chi connectivity index (χ1v) is 7.79. The van der Waals surface area contributed by atoms with Crippen molar-refractivity contribution in [3.05, 3.63) is 42.2 Å². The summed E-state index contributed by atoms with van der Waals surface area (Å²) >= 11 is 0. The predicted molar refractivity (Wildman–Crippen MR) is 88.4 cm³/mol. The molecule has 23 heavy (non-hydrogen) atoms. The molecule has 1 aromatic carbocycles. The van der Waals surface area contributed by atoms with Crippen LogP contribution in [0, 0.1) is 5.92 Å². The zero-order chi connectivity index (χ0) is 16.4. The topological polar surface area (TPSA) is 76.0 Å². The monoisotopic (exact) mass is 312 g/mol. The lowest BCUT2D eigenvalue weighted by atomic mass is 10.2. The summed E-state index contributed by atoms with van der Waals surface area (Å²) in [7, 11) is 0. The molecular weight excluding hydrogens is 292 g/mol. The molecule has 1 heterocycles. The molecule has 0 unspecified atom stereocenters. The molecule has 1 aliphatic rings. The lowest BCUT2D eigenvalue weighted by Gasteiger charge is -2.07. The molecule has 6 nitrogen and oxygen atoms in total. The largest absolute Gasteiger partial charge is 0.326 e. The number of nitrogens with zero attached hydrogens (tertiary/aromatic N) is 2. The van der Waals surface area contributed by atoms with E-state index in [1.165, 1.54) is 0 Å². The molecule has 0 aliphatic heterocycles. The molecule has 1 fully saturated rings. The number of nitrogens with one attached hydrogen (secondary N) is 2. The maximum atomic E-state index is 12.2. The third kappa shape index (κ3) is 3.77. The average Bonchev–Trinajstić information content (AvgIpc) is 3.25. The summed E-state index contributed by atoms with van der Waals surface area (Å²) in [6.45, 7) is 4.01. The van der Waals surface area contributed by atoms with Crippen molar-refractivity contribution in [1.29, 1.82) is 0 Å². The molecule has 0 saturated heterocycles. The van der Waals surface area contributed by atoms with E-state index in [9.17, 15) is 9.59 Å². The molecule has 2 N–H and O–H groups in total. The standard InChI is InChI=1S/C17H20N4O2/c1-11(2)21-10-13(9-18-21)17(23)20-15-7-5-14(6-8-15)19-16(22)12-3-4-12/h5-12H,3-4H2,1-2H3,(H,19,22)(H,20,23). The maximum Gasteiger partial charge on any atom is 0.258 e. The van der Waals surface area contributed by atoms with Crippen LogP contribution >= 0.6 is 0 Å². The van der Waals surface area contributed by atoms with Gasteiger partial charge in [-0.1, -0.05) is 0 Å². The van der Waals surface area contributed by atoms with Gasteiger partial charge >= 0.3 is 0 Å². The van der Waals surface area contributed by atoms with E-state index in [0.717, 1.165) is 18.5 Å². The van der Waals surface area contributed by atoms with Gasteiger partial charge in [-0.15, -0.1) is 0 Å². The third-order valence-electron chi connectivity index (χ3n) is 3.75. The van der Waals surface area contributed by atoms with Gasteiger partial charge in [-0.05, 0) is 51.0 Å². The quantitative estimate of drug-likeness (QED) is 0.891. The molecule has 0 spiro atoms. The van der Waals surface area contributed by atoms with Crippen LogP contribution in [0.3, 0.4) is 0 Å². The number of aromatic nitrogens is 2. The molecule has 0 radical (unpaired) electrons. The Morgan fingerprint density at radius 3 is 2.26 bits per heavy atom. The Hall–Kier alpha value is -2.63. The molecular formula is C17H20N4O2. The second-order valence-electron chi connectivity index (χ2n) is 6.10. The van der Waals surface area contributed by atoms with Crippen LogP contribution in [0.2, 0.25) is 0 Å². The van der Waals surface area contributed by atoms with Crippen LogP contribution in [0.15, 0.2) is 36.7 Å². The van der Waals surface area contributed by atoms with Gasteiger partial charge in [-0.25, -0.2) is 0 Å². The highest BCUT2D eigenvalue weighted by molar-refractivity contribution is 6.04. The number of anilines is 2. The van der Waals surface area contributed by atoms with E-state index in [1.807, 2.05) is 13.8 Å². The smallest absolute Gasteiger partial charge is 0.258 e. The zero-order valence-corrected chi connectivity index (χ0v) is 13.2. The second kappa shape index (κ2) is 6.24. The molecule has 0 bridgehead atoms. The van der Waals surface area contributed by atoms with Gasteiger partial charge in [0.1, 0.15) is 0 Å². The number of carbonyl (C=O) groups is 2. The highest BCUT2D eigenvalue weighted by atomic mass is 16.2. The highest BCUT2D eigenvalue weighted by Crippen LogP contribution is 2.30. The average molecular weight is 312 g/mol. The van der Waals surface area contributed by atoms with E-state index in [1.54, 1.807) is 41.3 Å². The number of hydrogen-bond acceptors (Lipinski definition) is 3. The van der Waals surface area contributed by atoms with Gasteiger partial charge in [-0.3, -0.25) is 14.3 Å². The minimum Gasteiger partial charge on any atom is -0.326 e. The SMILES string of the molecule is CC(C)n1cc(C(=O)Nc2ccc(NC(=O)C3CC3)cc2)cn1. The van der Waals surface area contributed by atoms with Crippen molar-refractivity contribution >= 4 is 23.2 Å². The molecule has 3 rings (SSSR count). The molecule has 2 amide bonds. The summed E-state index contributed by atoms with van der Waals surface area (Å²) in [5, 5.41) is 9.84. The highest BCUT2D eigenvalue weighted by Gasteiger charge is 2.29. The second-order valence-corrected chi connectivity index (χ2v) is 6.10. The fraction of sp³-hybridized carbons (Fsp3) is 0.353. The van der Waals surface area contributed by atoms with Crippen LogP contribution < -0.4 is 10.6 Å². The van der Waals surface area contributed by atoms with E-state index in [4.69, 9.17) is 0 Å². The number of amides is 2. The minimum atomic E-state index is -0.202. The Morgan fingerprint density at radius 1 is 1.13 bits per heavy atom. The van der Waals surface area contributed by atoms with Crippen LogP contribution in [-0.2, 0) is 4.79 Å². The number of rotatable bonds is 5. The fourth-order valence-electron chi connectivity index (χ4n) is 2.17. The van der Waals surface area contributed by atoms with E-state index in [-0.39, 0.29) is 23.8 Å². The van der Waals surface area contributed by atoms with Gasteiger partial charge in [0.05, 0.1) is 11.8 Å². The van der Waals surface area contributed by atoms with Crippen molar-refractivity contribution < 1.29 is 9.59 Å². The summed E-state index contributed by atoms with van der Waals surface area (Å²) in [4.78, 5) is 23.9. The predicted octanol–water partition coefficient (Wildman–Crippen LogP) is 3.06. The first-order chi connectivity index (χ1) is 11.0. The maximum absolute atomic E-state index is 12.2. The molecule has 0 atom stereocenters. The van der Waals surface area contributed by atoms with Crippen LogP contribution in [0.25, 0.3) is 0 Å². The van der Waals surface area contributed by atoms with Crippen LogP contribution in [0.4, 0.5) is 11.4 Å². The van der Waals surface area contributed by atoms with E-state index in [0.29, 0.717) is 11.3 Å². The fourth-order valence-corrected chi connectivity index (χ4v) is 2.17. The summed E-state index contributed by atoms with van der Waals surface area (Å²) < 4.78 is 1.74. The van der Waals surface area contributed by atoms with Crippen molar-refractivity contribution in [2.75, 3.05) is 10.6 Å². The Bertz CT molecular complexity index is 714. The van der Waals surface area contributed by atoms with Gasteiger partial charge in [0.15, 0.2) is 0 Å². The van der Waals surface area contributed by atoms with Gasteiger partial charge in [-0.2, -0.15) is 5.10 Å². The van der Waals surface area contributed by atoms with Crippen molar-refractivity contribution in [3.8, 4) is 0 Å². The van der Waals surface area contributed by atoms with Gasteiger partial charge in [0.2, 0.25) is 5.91 Å². The van der Waals surface area contributed by atoms with Crippen molar-refractivity contribution in [2.24, 2.45) is 5.92 Å². The lowest BCUT2D eigenvalue weighted by molar-refractivity contribution is -0.117. The van der Waals surface area contributed by atoms with Crippen LogP contribution in [0.1, 0.15) is 43.1 Å². The lowest BCUT2D eigenvalue weighted by Crippen LogP contribution is -2.14. The first-order valence-electron chi connectivity index (χ1n) is 7.79. The Balaban J connectivity index is 1.60. The normalized spacial score (nSPS) is 13.9. The summed E-state index contributed by atoms with van der Waals surface area (Å²) in [5.74, 6) is 0.0430. The Morgan fingerprint density at radius 2 is 1.74 bits per heavy atom.